The van der Waals surface area contributed by atoms with Gasteiger partial charge in [-0.05, 0) is 175 Å². The van der Waals surface area contributed by atoms with E-state index in [2.05, 4.69) is 96.7 Å². The Morgan fingerprint density at radius 1 is 0.321 bits per heavy atom. The van der Waals surface area contributed by atoms with Gasteiger partial charge in [-0.3, -0.25) is 19.2 Å². The van der Waals surface area contributed by atoms with Crippen molar-refractivity contribution < 1.29 is 38.5 Å². The number of hydrogen-bond acceptors (Lipinski definition) is 11. The molecule has 0 bridgehead atoms. The van der Waals surface area contributed by atoms with Crippen molar-refractivity contribution in [3.63, 3.8) is 0 Å². The average Bonchev–Trinajstić information content (AvgIpc) is 1.18. The molecule has 0 amide bonds. The Morgan fingerprint density at radius 3 is 0.884 bits per heavy atom. The molecule has 0 saturated heterocycles. The molecule has 0 spiro atoms. The van der Waals surface area contributed by atoms with E-state index in [1.165, 1.54) is 302 Å². The number of carboxylic acids is 1. The summed E-state index contributed by atoms with van der Waals surface area (Å²) in [4.78, 5) is 63.8. The van der Waals surface area contributed by atoms with Crippen molar-refractivity contribution >= 4 is 23.9 Å². The van der Waals surface area contributed by atoms with Gasteiger partial charge in [-0.25, -0.2) is 9.97 Å². The summed E-state index contributed by atoms with van der Waals surface area (Å²) in [6.07, 6.45) is 86.9. The Balaban J connectivity index is 0.00000112. The van der Waals surface area contributed by atoms with Gasteiger partial charge in [0.1, 0.15) is 17.8 Å². The standard InChI is InChI=1S/2C49H93N3O4/c1-5-8-11-14-17-26-33-45-55-48(53)37-29-22-18-24-31-40-51(42-34-43-52-44-39-50-46(52)4)41-32-25-19-23-30-38-49(54)56-47(35-27-20-15-12-9-6-2)36-28-21-16-13-10-7-3;1-5-8-11-14-17-25-32-44-56-48(53)37-29-21-18-23-30-39-51(41-33-42-52-43-38-50-45(52)4)40-31-24-22-28-36-47(49(54)55)46(34-26-19-15-12-9-6-2)35-27-20-16-13-10-7-3/h39,44,47H,5-38,40-43,45H2,1-4H3;38,43,46-47H,5-37,39-42,44H2,1-4H3,(H,54,55). The minimum atomic E-state index is -0.551. The van der Waals surface area contributed by atoms with Crippen LogP contribution in [0.15, 0.2) is 24.8 Å². The lowest BCUT2D eigenvalue weighted by molar-refractivity contribution is -0.150. The zero-order chi connectivity index (χ0) is 81.3. The first-order valence-electron chi connectivity index (χ1n) is 49.1. The van der Waals surface area contributed by atoms with E-state index in [1.54, 1.807) is 0 Å². The molecule has 0 aliphatic carbocycles. The van der Waals surface area contributed by atoms with Crippen LogP contribution in [-0.2, 0) is 46.5 Å². The molecule has 656 valence electrons. The highest BCUT2D eigenvalue weighted by molar-refractivity contribution is 5.70. The number of aryl methyl sites for hydroxylation is 4. The Hall–Kier alpha value is -3.78. The highest BCUT2D eigenvalue weighted by Gasteiger charge is 2.27. The van der Waals surface area contributed by atoms with E-state index < -0.39 is 5.97 Å². The fraction of sp³-hybridized carbons (Fsp3) is 0.898. The van der Waals surface area contributed by atoms with E-state index in [1.807, 2.05) is 12.4 Å². The molecule has 112 heavy (non-hydrogen) atoms. The highest BCUT2D eigenvalue weighted by Crippen LogP contribution is 2.31. The second-order valence-corrected chi connectivity index (χ2v) is 34.2. The second kappa shape index (κ2) is 82.3. The van der Waals surface area contributed by atoms with Crippen LogP contribution in [0.3, 0.4) is 0 Å². The van der Waals surface area contributed by atoms with E-state index in [-0.39, 0.29) is 29.9 Å². The van der Waals surface area contributed by atoms with E-state index in [0.717, 1.165) is 173 Å². The summed E-state index contributed by atoms with van der Waals surface area (Å²) in [5.41, 5.74) is 0. The van der Waals surface area contributed by atoms with Crippen LogP contribution in [0.5, 0.6) is 0 Å². The predicted molar refractivity (Wildman–Crippen MR) is 477 cm³/mol. The van der Waals surface area contributed by atoms with Crippen LogP contribution in [0.25, 0.3) is 0 Å². The number of ether oxygens (including phenoxy) is 3. The number of nitrogens with zero attached hydrogens (tertiary/aromatic N) is 6. The van der Waals surface area contributed by atoms with Gasteiger partial charge in [0.05, 0.1) is 19.1 Å². The summed E-state index contributed by atoms with van der Waals surface area (Å²) in [5, 5.41) is 10.3. The maximum atomic E-state index is 12.8. The van der Waals surface area contributed by atoms with Gasteiger partial charge in [-0.1, -0.05) is 337 Å². The van der Waals surface area contributed by atoms with Crippen molar-refractivity contribution in [2.75, 3.05) is 52.5 Å². The monoisotopic (exact) mass is 1580 g/mol. The fourth-order valence-corrected chi connectivity index (χ4v) is 16.3. The summed E-state index contributed by atoms with van der Waals surface area (Å²) >= 11 is 0. The number of imidazole rings is 2. The average molecular weight is 1580 g/mol. The Labute approximate surface area is 693 Å². The first kappa shape index (κ1) is 106. The van der Waals surface area contributed by atoms with Crippen LogP contribution in [0.4, 0.5) is 0 Å². The van der Waals surface area contributed by atoms with Gasteiger partial charge >= 0.3 is 23.9 Å². The largest absolute Gasteiger partial charge is 0.481 e. The van der Waals surface area contributed by atoms with Gasteiger partial charge in [0.15, 0.2) is 0 Å². The van der Waals surface area contributed by atoms with Gasteiger partial charge < -0.3 is 38.3 Å². The quantitative estimate of drug-likeness (QED) is 0.0380. The van der Waals surface area contributed by atoms with Crippen LogP contribution in [-0.4, -0.2) is 116 Å². The minimum Gasteiger partial charge on any atom is -0.481 e. The molecule has 0 saturated carbocycles. The molecule has 2 heterocycles. The van der Waals surface area contributed by atoms with Gasteiger partial charge in [0, 0.05) is 57.1 Å². The molecule has 1 atom stereocenters. The zero-order valence-corrected chi connectivity index (χ0v) is 75.5. The number of unbranched alkanes of at least 4 members (excludes halogenated alkanes) is 47. The number of carbonyl (C=O) groups excluding carboxylic acids is 3. The molecular weight excluding hydrogens is 1390 g/mol. The maximum absolute atomic E-state index is 12.8. The molecule has 1 unspecified atom stereocenters. The van der Waals surface area contributed by atoms with Crippen molar-refractivity contribution in [2.24, 2.45) is 11.8 Å². The van der Waals surface area contributed by atoms with E-state index in [9.17, 15) is 24.3 Å². The Kier molecular flexibility index (Phi) is 78.1. The lowest BCUT2D eigenvalue weighted by Gasteiger charge is -2.25. The fourth-order valence-electron chi connectivity index (χ4n) is 16.3. The molecule has 1 N–H and O–H groups in total. The Bertz CT molecular complexity index is 2290. The van der Waals surface area contributed by atoms with Crippen LogP contribution >= 0.6 is 0 Å². The molecule has 14 nitrogen and oxygen atoms in total. The topological polar surface area (TPSA) is 158 Å². The third kappa shape index (κ3) is 68.3. The molecule has 0 aromatic carbocycles. The van der Waals surface area contributed by atoms with Crippen molar-refractivity contribution in [1.82, 2.24) is 28.9 Å². The van der Waals surface area contributed by atoms with E-state index in [4.69, 9.17) is 14.2 Å². The first-order valence-corrected chi connectivity index (χ1v) is 49.1. The number of carboxylic acid groups (broad SMARTS) is 1. The highest BCUT2D eigenvalue weighted by atomic mass is 16.5. The second-order valence-electron chi connectivity index (χ2n) is 34.2. The molecule has 0 aliphatic rings. The van der Waals surface area contributed by atoms with Gasteiger partial charge in [-0.15, -0.1) is 0 Å². The number of carbonyl (C=O) groups is 4. The van der Waals surface area contributed by atoms with Crippen LogP contribution in [0.2, 0.25) is 0 Å². The molecule has 0 radical (unpaired) electrons. The van der Waals surface area contributed by atoms with Gasteiger partial charge in [0.2, 0.25) is 0 Å². The van der Waals surface area contributed by atoms with Crippen molar-refractivity contribution in [3.8, 4) is 0 Å². The summed E-state index contributed by atoms with van der Waals surface area (Å²) in [7, 11) is 0. The van der Waals surface area contributed by atoms with Crippen LogP contribution < -0.4 is 0 Å². The van der Waals surface area contributed by atoms with Crippen molar-refractivity contribution in [1.29, 1.82) is 0 Å². The third-order valence-corrected chi connectivity index (χ3v) is 23.7. The normalized spacial score (nSPS) is 11.9. The molecule has 2 rings (SSSR count). The van der Waals surface area contributed by atoms with Gasteiger partial charge in [-0.2, -0.15) is 0 Å². The predicted octanol–water partition coefficient (Wildman–Crippen LogP) is 28.6. The zero-order valence-electron chi connectivity index (χ0n) is 75.5. The van der Waals surface area contributed by atoms with Crippen LogP contribution in [0.1, 0.15) is 483 Å². The molecular formula is C98H186N6O8. The SMILES string of the molecule is CCCCCCCCCOC(=O)CCCCCCCN(CCCCCCC(C(=O)O)C(CCCCCCCC)CCCCCCCC)CCCn1ccnc1C.CCCCCCCCCOC(=O)CCCCCCCN(CCCCCCCC(=O)OC(CCCCCCCC)CCCCCCCC)CCCn1ccnc1C. The van der Waals surface area contributed by atoms with E-state index in [0.29, 0.717) is 38.4 Å². The Morgan fingerprint density at radius 2 is 0.580 bits per heavy atom. The molecule has 2 aromatic heterocycles. The number of aliphatic carboxylic acids is 1. The maximum Gasteiger partial charge on any atom is 0.306 e. The van der Waals surface area contributed by atoms with Crippen molar-refractivity contribution in [2.45, 2.75) is 505 Å². The number of rotatable bonds is 86. The van der Waals surface area contributed by atoms with Crippen LogP contribution in [0, 0.1) is 25.7 Å². The summed E-state index contributed by atoms with van der Waals surface area (Å²) in [6.45, 7) is 27.7. The number of esters is 3. The lowest BCUT2D eigenvalue weighted by Crippen LogP contribution is -2.28. The summed E-state index contributed by atoms with van der Waals surface area (Å²) in [5.74, 6) is 1.79. The molecule has 0 fully saturated rings. The van der Waals surface area contributed by atoms with E-state index >= 15 is 0 Å². The van der Waals surface area contributed by atoms with Crippen molar-refractivity contribution in [3.05, 3.63) is 36.4 Å². The lowest BCUT2D eigenvalue weighted by atomic mass is 9.80. The smallest absolute Gasteiger partial charge is 0.306 e. The molecule has 0 aliphatic heterocycles. The number of hydrogen-bond donors (Lipinski definition) is 1. The summed E-state index contributed by atoms with van der Waals surface area (Å²) in [6, 6.07) is 0. The molecule has 14 heteroatoms. The molecule has 2 aromatic rings. The van der Waals surface area contributed by atoms with Gasteiger partial charge in [0.25, 0.3) is 0 Å². The minimum absolute atomic E-state index is 0.0125. The third-order valence-electron chi connectivity index (χ3n) is 23.7. The summed E-state index contributed by atoms with van der Waals surface area (Å²) < 4.78 is 21.5. The first-order chi connectivity index (χ1) is 54.9. The number of aromatic nitrogens is 4.